The van der Waals surface area contributed by atoms with E-state index < -0.39 is 0 Å². The number of phenolic OH excluding ortho intramolecular Hbond substituents is 1. The summed E-state index contributed by atoms with van der Waals surface area (Å²) < 4.78 is 10.9. The summed E-state index contributed by atoms with van der Waals surface area (Å²) >= 11 is 0. The standard InChI is InChI=1S/C19H29N3O4/c1-20(2)10-11-22-14-19(26-18(22)24)6-8-21(9-7-19)13-15-4-5-17(25-3)16(23)12-15/h4-5,12,23H,6-11,13-14H2,1-3H3. The molecule has 0 saturated carbocycles. The van der Waals surface area contributed by atoms with Crippen LogP contribution >= 0.6 is 0 Å². The fraction of sp³-hybridized carbons (Fsp3) is 0.632. The summed E-state index contributed by atoms with van der Waals surface area (Å²) in [5.74, 6) is 0.654. The van der Waals surface area contributed by atoms with Gasteiger partial charge in [-0.25, -0.2) is 4.79 Å². The van der Waals surface area contributed by atoms with E-state index in [4.69, 9.17) is 9.47 Å². The summed E-state index contributed by atoms with van der Waals surface area (Å²) in [6.45, 7) is 4.77. The van der Waals surface area contributed by atoms with Crippen molar-refractivity contribution in [3.8, 4) is 11.5 Å². The maximum atomic E-state index is 12.2. The number of piperidine rings is 1. The molecule has 2 aliphatic rings. The minimum atomic E-state index is -0.331. The second-order valence-corrected chi connectivity index (χ2v) is 7.56. The van der Waals surface area contributed by atoms with Crippen LogP contribution in [-0.2, 0) is 11.3 Å². The molecule has 1 aromatic rings. The number of ether oxygens (including phenoxy) is 2. The molecule has 26 heavy (non-hydrogen) atoms. The molecule has 2 aliphatic heterocycles. The Labute approximate surface area is 155 Å². The van der Waals surface area contributed by atoms with E-state index in [2.05, 4.69) is 9.80 Å². The summed E-state index contributed by atoms with van der Waals surface area (Å²) in [6.07, 6.45) is 1.51. The second-order valence-electron chi connectivity index (χ2n) is 7.56. The van der Waals surface area contributed by atoms with Gasteiger partial charge in [0.2, 0.25) is 0 Å². The Morgan fingerprint density at radius 1 is 1.31 bits per heavy atom. The van der Waals surface area contributed by atoms with Crippen LogP contribution in [0.3, 0.4) is 0 Å². The predicted octanol–water partition coefficient (Wildman–Crippen LogP) is 1.75. The van der Waals surface area contributed by atoms with Gasteiger partial charge in [0.25, 0.3) is 0 Å². The molecule has 0 radical (unpaired) electrons. The number of benzene rings is 1. The Balaban J connectivity index is 1.53. The van der Waals surface area contributed by atoms with E-state index in [1.807, 2.05) is 25.1 Å². The zero-order chi connectivity index (χ0) is 18.7. The molecule has 0 aromatic heterocycles. The van der Waals surface area contributed by atoms with E-state index in [9.17, 15) is 9.90 Å². The van der Waals surface area contributed by atoms with Crippen molar-refractivity contribution in [1.29, 1.82) is 0 Å². The van der Waals surface area contributed by atoms with Crippen LogP contribution in [0.1, 0.15) is 18.4 Å². The summed E-state index contributed by atoms with van der Waals surface area (Å²) in [5, 5.41) is 9.93. The first-order chi connectivity index (χ1) is 12.4. The van der Waals surface area contributed by atoms with Gasteiger partial charge in [-0.15, -0.1) is 0 Å². The van der Waals surface area contributed by atoms with E-state index >= 15 is 0 Å². The third-order valence-electron chi connectivity index (χ3n) is 5.27. The van der Waals surface area contributed by atoms with E-state index in [-0.39, 0.29) is 17.4 Å². The fourth-order valence-corrected chi connectivity index (χ4v) is 3.66. The van der Waals surface area contributed by atoms with Crippen LogP contribution in [0, 0.1) is 0 Å². The van der Waals surface area contributed by atoms with Gasteiger partial charge in [-0.2, -0.15) is 0 Å². The first-order valence-electron chi connectivity index (χ1n) is 9.12. The summed E-state index contributed by atoms with van der Waals surface area (Å²) in [6, 6.07) is 5.51. The quantitative estimate of drug-likeness (QED) is 0.831. The van der Waals surface area contributed by atoms with Crippen molar-refractivity contribution in [3.63, 3.8) is 0 Å². The zero-order valence-electron chi connectivity index (χ0n) is 15.9. The number of rotatable bonds is 6. The number of nitrogens with zero attached hydrogens (tertiary/aromatic N) is 3. The number of carbonyl (C=O) groups is 1. The number of amides is 1. The van der Waals surface area contributed by atoms with Crippen LogP contribution in [0.2, 0.25) is 0 Å². The number of methoxy groups -OCH3 is 1. The molecule has 3 rings (SSSR count). The largest absolute Gasteiger partial charge is 0.504 e. The predicted molar refractivity (Wildman–Crippen MR) is 98.5 cm³/mol. The number of likely N-dealkylation sites (tertiary alicyclic amines) is 1. The molecule has 144 valence electrons. The van der Waals surface area contributed by atoms with Gasteiger partial charge in [0, 0.05) is 45.6 Å². The van der Waals surface area contributed by atoms with E-state index in [1.165, 1.54) is 0 Å². The first kappa shape index (κ1) is 18.8. The van der Waals surface area contributed by atoms with Gasteiger partial charge in [0.05, 0.1) is 13.7 Å². The van der Waals surface area contributed by atoms with Gasteiger partial charge >= 0.3 is 6.09 Å². The van der Waals surface area contributed by atoms with Gasteiger partial charge < -0.3 is 24.4 Å². The number of aromatic hydroxyl groups is 1. The normalized spacial score (nSPS) is 20.0. The molecule has 2 fully saturated rings. The monoisotopic (exact) mass is 363 g/mol. The number of hydrogen-bond acceptors (Lipinski definition) is 6. The molecule has 2 saturated heterocycles. The average Bonchev–Trinajstić information content (AvgIpc) is 2.91. The van der Waals surface area contributed by atoms with Crippen LogP contribution in [0.25, 0.3) is 0 Å². The Bertz CT molecular complexity index is 642. The molecule has 0 unspecified atom stereocenters. The highest BCUT2D eigenvalue weighted by molar-refractivity contribution is 5.70. The molecule has 7 heteroatoms. The van der Waals surface area contributed by atoms with Crippen LogP contribution in [0.15, 0.2) is 18.2 Å². The van der Waals surface area contributed by atoms with E-state index in [0.29, 0.717) is 18.8 Å². The van der Waals surface area contributed by atoms with Gasteiger partial charge in [-0.3, -0.25) is 4.90 Å². The minimum Gasteiger partial charge on any atom is -0.504 e. The van der Waals surface area contributed by atoms with Crippen molar-refractivity contribution in [2.24, 2.45) is 0 Å². The molecule has 0 bridgehead atoms. The molecule has 1 amide bonds. The van der Waals surface area contributed by atoms with Crippen molar-refractivity contribution >= 4 is 6.09 Å². The van der Waals surface area contributed by atoms with Crippen LogP contribution in [0.4, 0.5) is 4.79 Å². The zero-order valence-corrected chi connectivity index (χ0v) is 15.9. The Morgan fingerprint density at radius 2 is 2.04 bits per heavy atom. The molecule has 1 aromatic carbocycles. The van der Waals surface area contributed by atoms with Crippen molar-refractivity contribution in [1.82, 2.24) is 14.7 Å². The van der Waals surface area contributed by atoms with Crippen LogP contribution < -0.4 is 4.74 Å². The highest BCUT2D eigenvalue weighted by atomic mass is 16.6. The molecule has 7 nitrogen and oxygen atoms in total. The van der Waals surface area contributed by atoms with Crippen LogP contribution in [0.5, 0.6) is 11.5 Å². The summed E-state index contributed by atoms with van der Waals surface area (Å²) in [7, 11) is 5.56. The van der Waals surface area contributed by atoms with Crippen LogP contribution in [-0.4, -0.2) is 85.4 Å². The fourth-order valence-electron chi connectivity index (χ4n) is 3.66. The molecular weight excluding hydrogens is 334 g/mol. The Morgan fingerprint density at radius 3 is 2.65 bits per heavy atom. The lowest BCUT2D eigenvalue weighted by molar-refractivity contribution is -0.00126. The maximum absolute atomic E-state index is 12.2. The van der Waals surface area contributed by atoms with Gasteiger partial charge in [-0.1, -0.05) is 6.07 Å². The lowest BCUT2D eigenvalue weighted by Gasteiger charge is -2.37. The molecule has 1 spiro atoms. The average molecular weight is 363 g/mol. The third kappa shape index (κ3) is 4.22. The number of hydrogen-bond donors (Lipinski definition) is 1. The van der Waals surface area contributed by atoms with E-state index in [1.54, 1.807) is 19.2 Å². The number of phenols is 1. The van der Waals surface area contributed by atoms with Crippen molar-refractivity contribution in [2.45, 2.75) is 25.0 Å². The van der Waals surface area contributed by atoms with Crippen molar-refractivity contribution < 1.29 is 19.4 Å². The highest BCUT2D eigenvalue weighted by Gasteiger charge is 2.46. The molecule has 1 N–H and O–H groups in total. The second kappa shape index (κ2) is 7.72. The SMILES string of the molecule is COc1ccc(CN2CCC3(CC2)CN(CCN(C)C)C(=O)O3)cc1O. The van der Waals surface area contributed by atoms with Crippen molar-refractivity contribution in [3.05, 3.63) is 23.8 Å². The van der Waals surface area contributed by atoms with E-state index in [0.717, 1.165) is 44.6 Å². The molecular formula is C19H29N3O4. The topological polar surface area (TPSA) is 65.5 Å². The van der Waals surface area contributed by atoms with Gasteiger partial charge in [0.1, 0.15) is 5.60 Å². The highest BCUT2D eigenvalue weighted by Crippen LogP contribution is 2.34. The Kier molecular flexibility index (Phi) is 5.58. The van der Waals surface area contributed by atoms with Gasteiger partial charge in [-0.05, 0) is 31.8 Å². The maximum Gasteiger partial charge on any atom is 0.410 e. The molecule has 0 atom stereocenters. The van der Waals surface area contributed by atoms with Gasteiger partial charge in [0.15, 0.2) is 11.5 Å². The summed E-state index contributed by atoms with van der Waals surface area (Å²) in [5.41, 5.74) is 0.720. The lowest BCUT2D eigenvalue weighted by atomic mass is 9.91. The third-order valence-corrected chi connectivity index (χ3v) is 5.27. The minimum absolute atomic E-state index is 0.166. The number of likely N-dealkylation sites (N-methyl/N-ethyl adjacent to an activating group) is 1. The van der Waals surface area contributed by atoms with Crippen molar-refractivity contribution in [2.75, 3.05) is 53.9 Å². The number of carbonyl (C=O) groups excluding carboxylic acids is 1. The molecule has 2 heterocycles. The first-order valence-corrected chi connectivity index (χ1v) is 9.12. The Hall–Kier alpha value is -1.99. The smallest absolute Gasteiger partial charge is 0.410 e. The lowest BCUT2D eigenvalue weighted by Crippen LogP contribution is -2.46. The molecule has 0 aliphatic carbocycles. The summed E-state index contributed by atoms with van der Waals surface area (Å²) in [4.78, 5) is 18.4.